The molecule has 2 rings (SSSR count). The molecule has 104 valence electrons. The van der Waals surface area contributed by atoms with E-state index in [1.807, 2.05) is 0 Å². The van der Waals surface area contributed by atoms with E-state index in [1.54, 1.807) is 0 Å². The van der Waals surface area contributed by atoms with Gasteiger partial charge < -0.3 is 5.32 Å². The highest BCUT2D eigenvalue weighted by molar-refractivity contribution is 5.79. The lowest BCUT2D eigenvalue weighted by Crippen LogP contribution is -2.43. The van der Waals surface area contributed by atoms with Crippen LogP contribution < -0.4 is 5.32 Å². The smallest absolute Gasteiger partial charge is 0.353 e. The highest BCUT2D eigenvalue weighted by atomic mass is 19.4. The predicted octanol–water partition coefficient (Wildman–Crippen LogP) is 3.41. The first-order chi connectivity index (χ1) is 8.47. The van der Waals surface area contributed by atoms with Crippen LogP contribution in [0.5, 0.6) is 0 Å². The molecule has 2 aliphatic carbocycles. The van der Waals surface area contributed by atoms with E-state index >= 15 is 0 Å². The monoisotopic (exact) mass is 263 g/mol. The summed E-state index contributed by atoms with van der Waals surface area (Å²) in [5.41, 5.74) is 0. The van der Waals surface area contributed by atoms with Crippen LogP contribution in [-0.4, -0.2) is 18.1 Å². The van der Waals surface area contributed by atoms with Crippen molar-refractivity contribution in [3.05, 3.63) is 0 Å². The Morgan fingerprint density at radius 2 is 1.67 bits per heavy atom. The second-order valence-electron chi connectivity index (χ2n) is 5.59. The van der Waals surface area contributed by atoms with E-state index in [2.05, 4.69) is 5.32 Å². The summed E-state index contributed by atoms with van der Waals surface area (Å²) in [7, 11) is 0. The number of hydrogen-bond acceptors (Lipinski definition) is 1. The molecule has 18 heavy (non-hydrogen) atoms. The van der Waals surface area contributed by atoms with Gasteiger partial charge in [-0.15, -0.1) is 0 Å². The second-order valence-corrected chi connectivity index (χ2v) is 5.59. The molecule has 1 amide bonds. The van der Waals surface area contributed by atoms with E-state index in [1.165, 1.54) is 0 Å². The Labute approximate surface area is 105 Å². The van der Waals surface area contributed by atoms with Crippen molar-refractivity contribution in [2.24, 2.45) is 11.8 Å². The Hall–Kier alpha value is -0.740. The lowest BCUT2D eigenvalue weighted by Gasteiger charge is -2.31. The molecule has 2 atom stereocenters. The summed E-state index contributed by atoms with van der Waals surface area (Å²) in [6, 6.07) is -0.279. The third-order valence-corrected chi connectivity index (χ3v) is 4.21. The van der Waals surface area contributed by atoms with Gasteiger partial charge in [0.25, 0.3) is 0 Å². The van der Waals surface area contributed by atoms with E-state index < -0.39 is 12.1 Å². The van der Waals surface area contributed by atoms with Gasteiger partial charge in [-0.3, -0.25) is 4.79 Å². The summed E-state index contributed by atoms with van der Waals surface area (Å²) in [6.45, 7) is 0. The molecule has 0 saturated heterocycles. The summed E-state index contributed by atoms with van der Waals surface area (Å²) < 4.78 is 37.9. The van der Waals surface area contributed by atoms with Gasteiger partial charge in [-0.1, -0.05) is 19.3 Å². The molecule has 1 N–H and O–H groups in total. The first kappa shape index (κ1) is 13.7. The van der Waals surface area contributed by atoms with Gasteiger partial charge in [0.2, 0.25) is 5.91 Å². The molecule has 0 radical (unpaired) electrons. The maximum atomic E-state index is 12.6. The van der Waals surface area contributed by atoms with Crippen molar-refractivity contribution in [1.29, 1.82) is 0 Å². The van der Waals surface area contributed by atoms with Crippen molar-refractivity contribution in [2.75, 3.05) is 0 Å². The van der Waals surface area contributed by atoms with Crippen LogP contribution in [0.15, 0.2) is 0 Å². The fourth-order valence-electron chi connectivity index (χ4n) is 3.13. The van der Waals surface area contributed by atoms with E-state index in [-0.39, 0.29) is 30.7 Å². The Balaban J connectivity index is 1.83. The number of carbonyl (C=O) groups is 1. The number of nitrogens with one attached hydrogen (secondary N) is 1. The highest BCUT2D eigenvalue weighted by Crippen LogP contribution is 2.37. The van der Waals surface area contributed by atoms with Crippen LogP contribution in [0.25, 0.3) is 0 Å². The molecule has 0 aliphatic heterocycles. The number of hydrogen-bond donors (Lipinski definition) is 1. The largest absolute Gasteiger partial charge is 0.391 e. The van der Waals surface area contributed by atoms with Crippen LogP contribution in [-0.2, 0) is 4.79 Å². The Morgan fingerprint density at radius 3 is 2.28 bits per heavy atom. The molecule has 2 saturated carbocycles. The van der Waals surface area contributed by atoms with Gasteiger partial charge in [0.15, 0.2) is 0 Å². The molecule has 0 aromatic heterocycles. The first-order valence-corrected chi connectivity index (χ1v) is 6.84. The fraction of sp³-hybridized carbons (Fsp3) is 0.923. The zero-order valence-corrected chi connectivity index (χ0v) is 10.4. The number of halogens is 3. The molecule has 0 heterocycles. The Morgan fingerprint density at radius 1 is 1.00 bits per heavy atom. The highest BCUT2D eigenvalue weighted by Gasteiger charge is 2.42. The third kappa shape index (κ3) is 3.39. The number of rotatable bonds is 2. The van der Waals surface area contributed by atoms with Crippen molar-refractivity contribution in [1.82, 2.24) is 5.32 Å². The standard InChI is InChI=1S/C13H20F3NO/c14-13(15,16)10-6-3-7-11(8-10)17-12(18)9-4-1-2-5-9/h9-11H,1-8H2,(H,17,18)/t10-,11+/m0/s1. The molecule has 2 nitrogen and oxygen atoms in total. The molecule has 0 bridgehead atoms. The van der Waals surface area contributed by atoms with Gasteiger partial charge in [0, 0.05) is 12.0 Å². The zero-order valence-electron chi connectivity index (χ0n) is 10.4. The molecule has 0 spiro atoms. The Kier molecular flexibility index (Phi) is 4.17. The molecule has 2 aliphatic rings. The van der Waals surface area contributed by atoms with Gasteiger partial charge in [0.1, 0.15) is 0 Å². The average Bonchev–Trinajstić information content (AvgIpc) is 2.81. The summed E-state index contributed by atoms with van der Waals surface area (Å²) in [6.07, 6.45) is 1.30. The first-order valence-electron chi connectivity index (χ1n) is 6.84. The molecular formula is C13H20F3NO. The van der Waals surface area contributed by atoms with Crippen molar-refractivity contribution >= 4 is 5.91 Å². The van der Waals surface area contributed by atoms with Gasteiger partial charge in [-0.25, -0.2) is 0 Å². The van der Waals surface area contributed by atoms with Gasteiger partial charge in [-0.2, -0.15) is 13.2 Å². The summed E-state index contributed by atoms with van der Waals surface area (Å²) in [5, 5.41) is 2.82. The minimum Gasteiger partial charge on any atom is -0.353 e. The van der Waals surface area contributed by atoms with Crippen LogP contribution in [0.3, 0.4) is 0 Å². The molecular weight excluding hydrogens is 243 g/mol. The lowest BCUT2D eigenvalue weighted by atomic mass is 9.85. The maximum absolute atomic E-state index is 12.6. The summed E-state index contributed by atoms with van der Waals surface area (Å²) in [4.78, 5) is 11.9. The SMILES string of the molecule is O=C(N[C@@H]1CCC[C@H](C(F)(F)F)C1)C1CCCC1. The zero-order chi connectivity index (χ0) is 13.2. The summed E-state index contributed by atoms with van der Waals surface area (Å²) >= 11 is 0. The van der Waals surface area contributed by atoms with Crippen molar-refractivity contribution < 1.29 is 18.0 Å². The van der Waals surface area contributed by atoms with Gasteiger partial charge >= 0.3 is 6.18 Å². The average molecular weight is 263 g/mol. The molecule has 5 heteroatoms. The van der Waals surface area contributed by atoms with E-state index in [0.717, 1.165) is 25.7 Å². The third-order valence-electron chi connectivity index (χ3n) is 4.21. The summed E-state index contributed by atoms with van der Waals surface area (Å²) in [5.74, 6) is -1.23. The second kappa shape index (κ2) is 5.49. The van der Waals surface area contributed by atoms with Crippen molar-refractivity contribution in [3.8, 4) is 0 Å². The van der Waals surface area contributed by atoms with E-state index in [4.69, 9.17) is 0 Å². The van der Waals surface area contributed by atoms with Crippen molar-refractivity contribution in [3.63, 3.8) is 0 Å². The van der Waals surface area contributed by atoms with Crippen LogP contribution >= 0.6 is 0 Å². The van der Waals surface area contributed by atoms with Gasteiger partial charge in [0.05, 0.1) is 5.92 Å². The molecule has 0 aromatic carbocycles. The van der Waals surface area contributed by atoms with Crippen LogP contribution in [0.4, 0.5) is 13.2 Å². The van der Waals surface area contributed by atoms with Gasteiger partial charge in [-0.05, 0) is 32.1 Å². The Bertz CT molecular complexity index is 297. The quantitative estimate of drug-likeness (QED) is 0.812. The predicted molar refractivity (Wildman–Crippen MR) is 61.9 cm³/mol. The number of carbonyl (C=O) groups excluding carboxylic acids is 1. The lowest BCUT2D eigenvalue weighted by molar-refractivity contribution is -0.184. The normalized spacial score (nSPS) is 30.4. The van der Waals surface area contributed by atoms with Crippen LogP contribution in [0, 0.1) is 11.8 Å². The topological polar surface area (TPSA) is 29.1 Å². The van der Waals surface area contributed by atoms with E-state index in [0.29, 0.717) is 12.8 Å². The number of amides is 1. The fourth-order valence-corrected chi connectivity index (χ4v) is 3.13. The maximum Gasteiger partial charge on any atom is 0.391 e. The van der Waals surface area contributed by atoms with E-state index in [9.17, 15) is 18.0 Å². The van der Waals surface area contributed by atoms with Crippen molar-refractivity contribution in [2.45, 2.75) is 63.6 Å². The minimum absolute atomic E-state index is 0.0275. The molecule has 0 aromatic rings. The molecule has 0 unspecified atom stereocenters. The van der Waals surface area contributed by atoms with Crippen LogP contribution in [0.2, 0.25) is 0 Å². The van der Waals surface area contributed by atoms with Crippen LogP contribution in [0.1, 0.15) is 51.4 Å². The number of alkyl halides is 3. The minimum atomic E-state index is -4.11. The molecule has 2 fully saturated rings.